The van der Waals surface area contributed by atoms with Gasteiger partial charge in [0, 0.05) is 18.2 Å². The number of nitrogens with one attached hydrogen (secondary N) is 1. The molecule has 1 aliphatic carbocycles. The van der Waals surface area contributed by atoms with Crippen LogP contribution in [-0.4, -0.2) is 30.8 Å². The van der Waals surface area contributed by atoms with E-state index in [1.165, 1.54) is 12.8 Å². The second-order valence-corrected chi connectivity index (χ2v) is 5.06. The van der Waals surface area contributed by atoms with Crippen molar-refractivity contribution in [3.05, 3.63) is 17.2 Å². The molecular formula is C16H27ClN2O2. The fourth-order valence-corrected chi connectivity index (χ4v) is 2.53. The zero-order chi connectivity index (χ0) is 15.8. The SMILES string of the molecule is CC.CC.COc1ccc(Cl)c(OCC2CC3CC3N2)n1. The number of hydrogen-bond donors (Lipinski definition) is 1. The van der Waals surface area contributed by atoms with Gasteiger partial charge in [-0.2, -0.15) is 4.98 Å². The maximum Gasteiger partial charge on any atom is 0.235 e. The molecule has 2 heterocycles. The average molecular weight is 315 g/mol. The number of nitrogens with zero attached hydrogens (tertiary/aromatic N) is 1. The molecular weight excluding hydrogens is 288 g/mol. The first-order valence-electron chi connectivity index (χ1n) is 7.85. The molecule has 4 nitrogen and oxygen atoms in total. The Hall–Kier alpha value is -1.00. The van der Waals surface area contributed by atoms with Gasteiger partial charge in [-0.25, -0.2) is 0 Å². The lowest BCUT2D eigenvalue weighted by atomic mass is 10.2. The molecule has 21 heavy (non-hydrogen) atoms. The molecule has 1 aromatic heterocycles. The first-order chi connectivity index (χ1) is 10.3. The number of piperidine rings is 1. The molecule has 0 amide bonds. The topological polar surface area (TPSA) is 43.4 Å². The van der Waals surface area contributed by atoms with Gasteiger partial charge in [-0.05, 0) is 24.8 Å². The lowest BCUT2D eigenvalue weighted by molar-refractivity contribution is 0.255. The van der Waals surface area contributed by atoms with E-state index in [4.69, 9.17) is 21.1 Å². The number of aromatic nitrogens is 1. The molecule has 3 rings (SSSR count). The standard InChI is InChI=1S/C12H15ClN2O2.2C2H6/c1-16-11-3-2-9(13)12(15-11)17-6-8-4-7-5-10(7)14-8;2*1-2/h2-3,7-8,10,14H,4-6H2,1H3;2*1-2H3. The third kappa shape index (κ3) is 5.04. The van der Waals surface area contributed by atoms with Crippen molar-refractivity contribution in [3.63, 3.8) is 0 Å². The molecule has 3 atom stereocenters. The van der Waals surface area contributed by atoms with E-state index in [9.17, 15) is 0 Å². The van der Waals surface area contributed by atoms with Crippen molar-refractivity contribution in [2.45, 2.75) is 52.6 Å². The Labute approximate surface area is 133 Å². The van der Waals surface area contributed by atoms with E-state index in [2.05, 4.69) is 10.3 Å². The molecule has 0 radical (unpaired) electrons. The third-order valence-electron chi connectivity index (χ3n) is 3.38. The molecule has 0 aromatic carbocycles. The normalized spacial score (nSPS) is 24.8. The number of rotatable bonds is 4. The Bertz CT molecular complexity index is 419. The van der Waals surface area contributed by atoms with E-state index in [0.29, 0.717) is 29.4 Å². The third-order valence-corrected chi connectivity index (χ3v) is 3.67. The molecule has 0 spiro atoms. The van der Waals surface area contributed by atoms with Crippen molar-refractivity contribution < 1.29 is 9.47 Å². The number of methoxy groups -OCH3 is 1. The van der Waals surface area contributed by atoms with E-state index < -0.39 is 0 Å². The summed E-state index contributed by atoms with van der Waals surface area (Å²) in [4.78, 5) is 4.18. The molecule has 2 fully saturated rings. The summed E-state index contributed by atoms with van der Waals surface area (Å²) in [6, 6.07) is 4.63. The number of pyridine rings is 1. The van der Waals surface area contributed by atoms with Crippen LogP contribution in [0.3, 0.4) is 0 Å². The van der Waals surface area contributed by atoms with Gasteiger partial charge in [0.1, 0.15) is 11.6 Å². The van der Waals surface area contributed by atoms with Gasteiger partial charge in [0.2, 0.25) is 11.8 Å². The van der Waals surface area contributed by atoms with Gasteiger partial charge in [0.15, 0.2) is 0 Å². The average Bonchev–Trinajstić information content (AvgIpc) is 3.17. The molecule has 2 aliphatic rings. The Balaban J connectivity index is 0.000000510. The highest BCUT2D eigenvalue weighted by Gasteiger charge is 2.45. The first-order valence-corrected chi connectivity index (χ1v) is 8.23. The van der Waals surface area contributed by atoms with Gasteiger partial charge >= 0.3 is 0 Å². The molecule has 3 unspecified atom stereocenters. The van der Waals surface area contributed by atoms with Crippen LogP contribution in [0.1, 0.15) is 40.5 Å². The van der Waals surface area contributed by atoms with Crippen LogP contribution >= 0.6 is 11.6 Å². The first kappa shape index (κ1) is 18.1. The summed E-state index contributed by atoms with van der Waals surface area (Å²) in [6.07, 6.45) is 2.53. The summed E-state index contributed by atoms with van der Waals surface area (Å²) in [5.74, 6) is 1.84. The van der Waals surface area contributed by atoms with Crippen LogP contribution in [0.2, 0.25) is 5.02 Å². The van der Waals surface area contributed by atoms with E-state index in [1.807, 2.05) is 27.7 Å². The Kier molecular flexibility index (Phi) is 7.83. The predicted molar refractivity (Wildman–Crippen MR) is 87.4 cm³/mol. The van der Waals surface area contributed by atoms with E-state index in [1.54, 1.807) is 19.2 Å². The summed E-state index contributed by atoms with van der Waals surface area (Å²) in [7, 11) is 1.58. The van der Waals surface area contributed by atoms with Crippen LogP contribution in [0.5, 0.6) is 11.8 Å². The fraction of sp³-hybridized carbons (Fsp3) is 0.688. The van der Waals surface area contributed by atoms with Gasteiger partial charge in [0.05, 0.1) is 7.11 Å². The van der Waals surface area contributed by atoms with Crippen LogP contribution in [0.4, 0.5) is 0 Å². The number of ether oxygens (including phenoxy) is 2. The second kappa shape index (κ2) is 9.11. The monoisotopic (exact) mass is 314 g/mol. The number of fused-ring (bicyclic) bond motifs is 1. The number of halogens is 1. The van der Waals surface area contributed by atoms with Crippen LogP contribution in [0, 0.1) is 5.92 Å². The maximum atomic E-state index is 6.01. The molecule has 1 N–H and O–H groups in total. The summed E-state index contributed by atoms with van der Waals surface area (Å²) in [5.41, 5.74) is 0. The van der Waals surface area contributed by atoms with E-state index in [-0.39, 0.29) is 0 Å². The minimum Gasteiger partial charge on any atom is -0.481 e. The van der Waals surface area contributed by atoms with Crippen LogP contribution in [0.15, 0.2) is 12.1 Å². The van der Waals surface area contributed by atoms with Crippen molar-refractivity contribution in [1.82, 2.24) is 10.3 Å². The smallest absolute Gasteiger partial charge is 0.235 e. The summed E-state index contributed by atoms with van der Waals surface area (Å²) >= 11 is 6.01. The van der Waals surface area contributed by atoms with Crippen LogP contribution in [-0.2, 0) is 0 Å². The Morgan fingerprint density at radius 2 is 1.95 bits per heavy atom. The van der Waals surface area contributed by atoms with Crippen molar-refractivity contribution in [1.29, 1.82) is 0 Å². The molecule has 1 saturated heterocycles. The zero-order valence-electron chi connectivity index (χ0n) is 13.6. The maximum absolute atomic E-state index is 6.01. The minimum atomic E-state index is 0.433. The molecule has 1 saturated carbocycles. The van der Waals surface area contributed by atoms with E-state index in [0.717, 1.165) is 12.0 Å². The van der Waals surface area contributed by atoms with Gasteiger partial charge in [-0.1, -0.05) is 39.3 Å². The molecule has 120 valence electrons. The molecule has 1 aromatic rings. The van der Waals surface area contributed by atoms with Crippen molar-refractivity contribution >= 4 is 11.6 Å². The van der Waals surface area contributed by atoms with Gasteiger partial charge < -0.3 is 14.8 Å². The summed E-state index contributed by atoms with van der Waals surface area (Å²) < 4.78 is 10.7. The number of hydrogen-bond acceptors (Lipinski definition) is 4. The van der Waals surface area contributed by atoms with Gasteiger partial charge in [-0.15, -0.1) is 0 Å². The Morgan fingerprint density at radius 3 is 2.52 bits per heavy atom. The van der Waals surface area contributed by atoms with E-state index >= 15 is 0 Å². The molecule has 1 aliphatic heterocycles. The quantitative estimate of drug-likeness (QED) is 0.914. The largest absolute Gasteiger partial charge is 0.481 e. The van der Waals surface area contributed by atoms with Gasteiger partial charge in [-0.3, -0.25) is 0 Å². The lowest BCUT2D eigenvalue weighted by Gasteiger charge is -2.14. The summed E-state index contributed by atoms with van der Waals surface area (Å²) in [5, 5.41) is 4.04. The van der Waals surface area contributed by atoms with Crippen molar-refractivity contribution in [2.75, 3.05) is 13.7 Å². The highest BCUT2D eigenvalue weighted by Crippen LogP contribution is 2.40. The highest BCUT2D eigenvalue weighted by molar-refractivity contribution is 6.31. The second-order valence-electron chi connectivity index (χ2n) is 4.65. The Morgan fingerprint density at radius 1 is 1.24 bits per heavy atom. The van der Waals surface area contributed by atoms with Crippen molar-refractivity contribution in [2.24, 2.45) is 5.92 Å². The predicted octanol–water partition coefficient (Wildman–Crippen LogP) is 3.93. The molecule has 5 heteroatoms. The van der Waals surface area contributed by atoms with Crippen LogP contribution < -0.4 is 14.8 Å². The highest BCUT2D eigenvalue weighted by atomic mass is 35.5. The lowest BCUT2D eigenvalue weighted by Crippen LogP contribution is -2.31. The van der Waals surface area contributed by atoms with Gasteiger partial charge in [0.25, 0.3) is 0 Å². The fourth-order valence-electron chi connectivity index (χ4n) is 2.37. The van der Waals surface area contributed by atoms with Crippen molar-refractivity contribution in [3.8, 4) is 11.8 Å². The summed E-state index contributed by atoms with van der Waals surface area (Å²) in [6.45, 7) is 8.62. The molecule has 0 bridgehead atoms. The zero-order valence-corrected chi connectivity index (χ0v) is 14.4. The minimum absolute atomic E-state index is 0.433. The van der Waals surface area contributed by atoms with Crippen LogP contribution in [0.25, 0.3) is 0 Å².